The summed E-state index contributed by atoms with van der Waals surface area (Å²) < 4.78 is 46.9. The highest BCUT2D eigenvalue weighted by Crippen LogP contribution is 2.39. The maximum Gasteiger partial charge on any atom is 0.573 e. The minimum Gasteiger partial charge on any atom is -0.403 e. The minimum atomic E-state index is -4.94. The van der Waals surface area contributed by atoms with E-state index in [-0.39, 0.29) is 11.6 Å². The Kier molecular flexibility index (Phi) is 7.35. The van der Waals surface area contributed by atoms with Gasteiger partial charge in [0.2, 0.25) is 11.9 Å². The molecule has 40 heavy (non-hydrogen) atoms. The number of hydrogen-bond acceptors (Lipinski definition) is 7. The summed E-state index contributed by atoms with van der Waals surface area (Å²) >= 11 is 0. The Morgan fingerprint density at radius 3 is 2.58 bits per heavy atom. The quantitative estimate of drug-likeness (QED) is 0.326. The molecule has 5 rings (SSSR count). The van der Waals surface area contributed by atoms with Crippen LogP contribution >= 0.6 is 0 Å². The van der Waals surface area contributed by atoms with Gasteiger partial charge in [-0.1, -0.05) is 18.2 Å². The Balaban J connectivity index is 1.57. The number of halogens is 3. The van der Waals surface area contributed by atoms with Crippen molar-refractivity contribution in [2.75, 3.05) is 43.4 Å². The molecule has 0 radical (unpaired) electrons. The number of likely N-dealkylation sites (N-methyl/N-ethyl adjacent to an activating group) is 1. The number of aromatic nitrogens is 3. The van der Waals surface area contributed by atoms with Crippen molar-refractivity contribution in [3.63, 3.8) is 0 Å². The van der Waals surface area contributed by atoms with E-state index in [1.807, 2.05) is 54.0 Å². The lowest BCUT2D eigenvalue weighted by Gasteiger charge is -2.35. The fourth-order valence-corrected chi connectivity index (χ4v) is 4.75. The lowest BCUT2D eigenvalue weighted by atomic mass is 10.1. The number of rotatable bonds is 7. The van der Waals surface area contributed by atoms with Gasteiger partial charge in [0.1, 0.15) is 0 Å². The van der Waals surface area contributed by atoms with Crippen molar-refractivity contribution in [1.82, 2.24) is 19.4 Å². The van der Waals surface area contributed by atoms with Crippen LogP contribution in [0.5, 0.6) is 5.75 Å². The highest BCUT2D eigenvalue weighted by Gasteiger charge is 2.33. The summed E-state index contributed by atoms with van der Waals surface area (Å²) in [6.07, 6.45) is 1.17. The van der Waals surface area contributed by atoms with E-state index < -0.39 is 18.0 Å². The van der Waals surface area contributed by atoms with E-state index in [2.05, 4.69) is 24.9 Å². The maximum absolute atomic E-state index is 13.5. The number of alkyl halides is 3. The molecule has 1 aliphatic rings. The molecule has 9 nitrogen and oxygen atoms in total. The second-order valence-electron chi connectivity index (χ2n) is 9.54. The number of amides is 1. The highest BCUT2D eigenvalue weighted by atomic mass is 19.4. The molecule has 4 aromatic rings. The summed E-state index contributed by atoms with van der Waals surface area (Å²) in [5.41, 5.74) is 8.73. The van der Waals surface area contributed by atoms with E-state index in [0.29, 0.717) is 30.0 Å². The first kappa shape index (κ1) is 27.0. The average molecular weight is 552 g/mol. The van der Waals surface area contributed by atoms with Gasteiger partial charge in [-0.25, -0.2) is 9.97 Å². The first-order valence-corrected chi connectivity index (χ1v) is 12.6. The number of carbonyl (C=O) groups excluding carboxylic acids is 1. The number of hydrogen-bond donors (Lipinski definition) is 2. The summed E-state index contributed by atoms with van der Waals surface area (Å²) in [6.45, 7) is 2.62. The predicted molar refractivity (Wildman–Crippen MR) is 148 cm³/mol. The second kappa shape index (κ2) is 10.9. The molecular formula is C28H28F3N7O2. The number of para-hydroxylation sites is 1. The molecule has 1 fully saturated rings. The maximum atomic E-state index is 13.5. The van der Waals surface area contributed by atoms with Gasteiger partial charge in [-0.05, 0) is 31.3 Å². The van der Waals surface area contributed by atoms with Crippen molar-refractivity contribution in [2.24, 2.45) is 12.8 Å². The number of carbonyl (C=O) groups is 1. The van der Waals surface area contributed by atoms with Gasteiger partial charge in [0, 0.05) is 85.5 Å². The fourth-order valence-electron chi connectivity index (χ4n) is 4.75. The van der Waals surface area contributed by atoms with Crippen LogP contribution in [0.25, 0.3) is 28.2 Å². The van der Waals surface area contributed by atoms with Gasteiger partial charge in [-0.2, -0.15) is 0 Å². The number of piperazine rings is 1. The first-order valence-electron chi connectivity index (χ1n) is 12.6. The van der Waals surface area contributed by atoms with Gasteiger partial charge in [-0.3, -0.25) is 4.79 Å². The number of benzene rings is 2. The molecule has 0 spiro atoms. The largest absolute Gasteiger partial charge is 0.573 e. The number of anilines is 3. The van der Waals surface area contributed by atoms with Gasteiger partial charge < -0.3 is 30.2 Å². The Hall–Kier alpha value is -4.58. The standard InChI is InChI=1S/C28H28F3N7O2/c1-36-11-13-38(14-12-36)24-16-25(40-28(29,30)31)22(15-18(24)7-8-26(32)39)35-27-33-10-9-21(34-27)20-17-37(2)23-6-4-3-5-19(20)23/h3-10,15-17H,11-14H2,1-2H3,(H2,32,39)(H,33,34,35). The van der Waals surface area contributed by atoms with Crippen molar-refractivity contribution in [3.8, 4) is 17.0 Å². The third kappa shape index (κ3) is 6.01. The molecule has 0 saturated carbocycles. The fraction of sp³-hybridized carbons (Fsp3) is 0.250. The predicted octanol–water partition coefficient (Wildman–Crippen LogP) is 4.53. The smallest absolute Gasteiger partial charge is 0.403 e. The van der Waals surface area contributed by atoms with Crippen molar-refractivity contribution >= 4 is 40.2 Å². The van der Waals surface area contributed by atoms with Crippen LogP contribution < -0.4 is 20.7 Å². The van der Waals surface area contributed by atoms with Gasteiger partial charge in [0.25, 0.3) is 0 Å². The monoisotopic (exact) mass is 551 g/mol. The Bertz CT molecular complexity index is 1570. The minimum absolute atomic E-state index is 0.0191. The first-order chi connectivity index (χ1) is 19.1. The summed E-state index contributed by atoms with van der Waals surface area (Å²) in [6, 6.07) is 12.4. The molecular weight excluding hydrogens is 523 g/mol. The number of nitrogens with two attached hydrogens (primary N) is 1. The number of fused-ring (bicyclic) bond motifs is 1. The molecule has 208 valence electrons. The molecule has 1 aliphatic heterocycles. The molecule has 1 saturated heterocycles. The van der Waals surface area contributed by atoms with Crippen LogP contribution in [0.15, 0.2) is 60.9 Å². The highest BCUT2D eigenvalue weighted by molar-refractivity contribution is 5.95. The van der Waals surface area contributed by atoms with E-state index >= 15 is 0 Å². The molecule has 2 aromatic heterocycles. The zero-order valence-electron chi connectivity index (χ0n) is 21.9. The normalized spacial score (nSPS) is 14.7. The van der Waals surface area contributed by atoms with Gasteiger partial charge in [0.05, 0.1) is 11.4 Å². The Morgan fingerprint density at radius 1 is 1.10 bits per heavy atom. The van der Waals surface area contributed by atoms with Crippen LogP contribution in [0.3, 0.4) is 0 Å². The molecule has 3 N–H and O–H groups in total. The molecule has 0 unspecified atom stereocenters. The van der Waals surface area contributed by atoms with Crippen LogP contribution in [0.4, 0.5) is 30.5 Å². The molecule has 3 heterocycles. The molecule has 0 bridgehead atoms. The third-order valence-electron chi connectivity index (χ3n) is 6.70. The van der Waals surface area contributed by atoms with Crippen LogP contribution in [0.1, 0.15) is 5.56 Å². The van der Waals surface area contributed by atoms with E-state index in [0.717, 1.165) is 29.6 Å². The third-order valence-corrected chi connectivity index (χ3v) is 6.70. The zero-order valence-corrected chi connectivity index (χ0v) is 21.9. The number of primary amides is 1. The van der Waals surface area contributed by atoms with Crippen LogP contribution in [-0.4, -0.2) is 64.9 Å². The number of nitrogens with one attached hydrogen (secondary N) is 1. The lowest BCUT2D eigenvalue weighted by molar-refractivity contribution is -0.274. The van der Waals surface area contributed by atoms with Crippen LogP contribution in [0, 0.1) is 0 Å². The topological polar surface area (TPSA) is 102 Å². The van der Waals surface area contributed by atoms with Gasteiger partial charge >= 0.3 is 6.36 Å². The summed E-state index contributed by atoms with van der Waals surface area (Å²) in [4.78, 5) is 24.4. The van der Waals surface area contributed by atoms with Crippen LogP contribution in [0.2, 0.25) is 0 Å². The second-order valence-corrected chi connectivity index (χ2v) is 9.54. The van der Waals surface area contributed by atoms with Gasteiger partial charge in [-0.15, -0.1) is 13.2 Å². The van der Waals surface area contributed by atoms with Crippen molar-refractivity contribution in [3.05, 3.63) is 66.5 Å². The lowest BCUT2D eigenvalue weighted by Crippen LogP contribution is -2.44. The molecule has 2 aromatic carbocycles. The van der Waals surface area contributed by atoms with Gasteiger partial charge in [0.15, 0.2) is 5.75 Å². The van der Waals surface area contributed by atoms with E-state index in [9.17, 15) is 18.0 Å². The summed E-state index contributed by atoms with van der Waals surface area (Å²) in [7, 11) is 3.90. The summed E-state index contributed by atoms with van der Waals surface area (Å²) in [5, 5.41) is 3.87. The van der Waals surface area contributed by atoms with Crippen molar-refractivity contribution in [2.45, 2.75) is 6.36 Å². The van der Waals surface area contributed by atoms with Crippen LogP contribution in [-0.2, 0) is 11.8 Å². The molecule has 1 amide bonds. The summed E-state index contributed by atoms with van der Waals surface area (Å²) in [5.74, 6) is -1.05. The van der Waals surface area contributed by atoms with E-state index in [4.69, 9.17) is 5.73 Å². The number of ether oxygens (including phenoxy) is 1. The molecule has 0 aliphatic carbocycles. The number of nitrogens with zero attached hydrogens (tertiary/aromatic N) is 5. The van der Waals surface area contributed by atoms with Crippen molar-refractivity contribution in [1.29, 1.82) is 0 Å². The molecule has 0 atom stereocenters. The Labute approximate surface area is 228 Å². The average Bonchev–Trinajstić information content (AvgIpc) is 3.25. The Morgan fingerprint density at radius 2 is 1.85 bits per heavy atom. The molecule has 12 heteroatoms. The SMILES string of the molecule is CN1CCN(c2cc(OC(F)(F)F)c(Nc3nccc(-c4cn(C)c5ccccc45)n3)cc2C=CC(N)=O)CC1. The zero-order chi connectivity index (χ0) is 28.4. The van der Waals surface area contributed by atoms with E-state index in [1.165, 1.54) is 30.5 Å². The number of aryl methyl sites for hydroxylation is 1. The van der Waals surface area contributed by atoms with E-state index in [1.54, 1.807) is 6.07 Å². The van der Waals surface area contributed by atoms with Crippen molar-refractivity contribution < 1.29 is 22.7 Å².